The third-order valence-corrected chi connectivity index (χ3v) is 3.05. The molecule has 2 atom stereocenters. The van der Waals surface area contributed by atoms with Gasteiger partial charge in [-0.2, -0.15) is 0 Å². The van der Waals surface area contributed by atoms with Gasteiger partial charge in [-0.25, -0.2) is 0 Å². The summed E-state index contributed by atoms with van der Waals surface area (Å²) >= 11 is 0. The minimum absolute atomic E-state index is 0.0575. The van der Waals surface area contributed by atoms with Crippen LogP contribution in [0.25, 0.3) is 0 Å². The first-order valence-corrected chi connectivity index (χ1v) is 7.18. The van der Waals surface area contributed by atoms with Gasteiger partial charge < -0.3 is 10.6 Å². The molecule has 0 aromatic rings. The number of hydrogen-bond donors (Lipinski definition) is 3. The van der Waals surface area contributed by atoms with Gasteiger partial charge in [-0.15, -0.1) is 0 Å². The van der Waals surface area contributed by atoms with Crippen LogP contribution in [-0.2, 0) is 9.59 Å². The van der Waals surface area contributed by atoms with E-state index in [4.69, 9.17) is 0 Å². The van der Waals surface area contributed by atoms with E-state index in [-0.39, 0.29) is 36.0 Å². The molecular formula is C14H29N3O2. The zero-order valence-electron chi connectivity index (χ0n) is 13.0. The maximum atomic E-state index is 11.9. The van der Waals surface area contributed by atoms with Gasteiger partial charge in [0, 0.05) is 12.1 Å². The van der Waals surface area contributed by atoms with Gasteiger partial charge in [0.05, 0.1) is 12.1 Å². The SMILES string of the molecule is CCC(CC)NC(=O)C(C)NC(C)C(=O)NC(C)C. The lowest BCUT2D eigenvalue weighted by atomic mass is 10.1. The lowest BCUT2D eigenvalue weighted by Crippen LogP contribution is -2.53. The largest absolute Gasteiger partial charge is 0.353 e. The van der Waals surface area contributed by atoms with Crippen molar-refractivity contribution in [2.24, 2.45) is 0 Å². The Morgan fingerprint density at radius 3 is 1.63 bits per heavy atom. The molecular weight excluding hydrogens is 242 g/mol. The predicted octanol–water partition coefficient (Wildman–Crippen LogP) is 1.18. The third kappa shape index (κ3) is 7.15. The Bertz CT molecular complexity index is 288. The fraction of sp³-hybridized carbons (Fsp3) is 0.857. The minimum atomic E-state index is -0.384. The van der Waals surface area contributed by atoms with Crippen molar-refractivity contribution in [1.29, 1.82) is 0 Å². The van der Waals surface area contributed by atoms with Gasteiger partial charge in [-0.3, -0.25) is 14.9 Å². The van der Waals surface area contributed by atoms with Crippen molar-refractivity contribution in [2.45, 2.75) is 78.6 Å². The summed E-state index contributed by atoms with van der Waals surface area (Å²) in [5.74, 6) is -0.143. The molecule has 0 aliphatic heterocycles. The van der Waals surface area contributed by atoms with Gasteiger partial charge in [-0.1, -0.05) is 13.8 Å². The van der Waals surface area contributed by atoms with E-state index in [2.05, 4.69) is 16.0 Å². The number of hydrogen-bond acceptors (Lipinski definition) is 3. The highest BCUT2D eigenvalue weighted by atomic mass is 16.2. The summed E-state index contributed by atoms with van der Waals surface area (Å²) in [5, 5.41) is 8.80. The molecule has 0 fully saturated rings. The van der Waals surface area contributed by atoms with Crippen LogP contribution in [0.15, 0.2) is 0 Å². The zero-order chi connectivity index (χ0) is 15.0. The summed E-state index contributed by atoms with van der Waals surface area (Å²) in [5.41, 5.74) is 0. The van der Waals surface area contributed by atoms with Crippen molar-refractivity contribution in [2.75, 3.05) is 0 Å². The molecule has 0 rings (SSSR count). The molecule has 5 heteroatoms. The molecule has 19 heavy (non-hydrogen) atoms. The molecule has 112 valence electrons. The molecule has 2 amide bonds. The van der Waals surface area contributed by atoms with E-state index in [0.717, 1.165) is 12.8 Å². The van der Waals surface area contributed by atoms with Gasteiger partial charge >= 0.3 is 0 Å². The van der Waals surface area contributed by atoms with Crippen molar-refractivity contribution in [3.63, 3.8) is 0 Å². The molecule has 2 unspecified atom stereocenters. The van der Waals surface area contributed by atoms with E-state index in [1.54, 1.807) is 13.8 Å². The number of carbonyl (C=O) groups is 2. The number of nitrogens with one attached hydrogen (secondary N) is 3. The number of amides is 2. The molecule has 0 radical (unpaired) electrons. The highest BCUT2D eigenvalue weighted by Gasteiger charge is 2.21. The molecule has 0 aliphatic rings. The average molecular weight is 271 g/mol. The Morgan fingerprint density at radius 1 is 0.842 bits per heavy atom. The molecule has 0 aromatic carbocycles. The Morgan fingerprint density at radius 2 is 1.26 bits per heavy atom. The van der Waals surface area contributed by atoms with Crippen LogP contribution >= 0.6 is 0 Å². The second-order valence-corrected chi connectivity index (χ2v) is 5.30. The molecule has 0 heterocycles. The van der Waals surface area contributed by atoms with Crippen LogP contribution in [0.2, 0.25) is 0 Å². The topological polar surface area (TPSA) is 70.2 Å². The Labute approximate surface area is 116 Å². The van der Waals surface area contributed by atoms with Crippen LogP contribution in [0.5, 0.6) is 0 Å². The predicted molar refractivity (Wildman–Crippen MR) is 77.9 cm³/mol. The lowest BCUT2D eigenvalue weighted by Gasteiger charge is -2.22. The van der Waals surface area contributed by atoms with Crippen molar-refractivity contribution < 1.29 is 9.59 Å². The first-order chi connectivity index (χ1) is 8.81. The van der Waals surface area contributed by atoms with E-state index < -0.39 is 0 Å². The smallest absolute Gasteiger partial charge is 0.237 e. The van der Waals surface area contributed by atoms with Gasteiger partial charge in [0.1, 0.15) is 0 Å². The highest BCUT2D eigenvalue weighted by Crippen LogP contribution is 1.98. The van der Waals surface area contributed by atoms with E-state index in [1.807, 2.05) is 27.7 Å². The van der Waals surface area contributed by atoms with Crippen LogP contribution in [0.1, 0.15) is 54.4 Å². The molecule has 0 aromatic heterocycles. The second-order valence-electron chi connectivity index (χ2n) is 5.30. The summed E-state index contributed by atoms with van der Waals surface area (Å²) in [6.45, 7) is 11.5. The Kier molecular flexibility index (Phi) is 8.39. The summed E-state index contributed by atoms with van der Waals surface area (Å²) < 4.78 is 0. The van der Waals surface area contributed by atoms with Gasteiger partial charge in [-0.05, 0) is 40.5 Å². The van der Waals surface area contributed by atoms with Gasteiger partial charge in [0.2, 0.25) is 11.8 Å². The second kappa shape index (κ2) is 8.91. The molecule has 0 spiro atoms. The van der Waals surface area contributed by atoms with Gasteiger partial charge in [0.15, 0.2) is 0 Å². The standard InChI is InChI=1S/C14H29N3O2/c1-7-12(8-2)17-14(19)11(6)16-10(5)13(18)15-9(3)4/h9-12,16H,7-8H2,1-6H3,(H,15,18)(H,17,19). The van der Waals surface area contributed by atoms with E-state index in [1.165, 1.54) is 0 Å². The fourth-order valence-electron chi connectivity index (χ4n) is 1.75. The van der Waals surface area contributed by atoms with Crippen molar-refractivity contribution >= 4 is 11.8 Å². The summed E-state index contributed by atoms with van der Waals surface area (Å²) in [6, 6.07) is -0.458. The van der Waals surface area contributed by atoms with Crippen molar-refractivity contribution in [3.8, 4) is 0 Å². The fourth-order valence-corrected chi connectivity index (χ4v) is 1.75. The van der Waals surface area contributed by atoms with E-state index >= 15 is 0 Å². The maximum absolute atomic E-state index is 11.9. The van der Waals surface area contributed by atoms with Gasteiger partial charge in [0.25, 0.3) is 0 Å². The zero-order valence-corrected chi connectivity index (χ0v) is 13.0. The average Bonchev–Trinajstić information content (AvgIpc) is 2.34. The van der Waals surface area contributed by atoms with E-state index in [0.29, 0.717) is 0 Å². The van der Waals surface area contributed by atoms with Crippen LogP contribution in [0.4, 0.5) is 0 Å². The Balaban J connectivity index is 4.24. The van der Waals surface area contributed by atoms with E-state index in [9.17, 15) is 9.59 Å². The molecule has 0 saturated carbocycles. The molecule has 0 aliphatic carbocycles. The minimum Gasteiger partial charge on any atom is -0.353 e. The molecule has 5 nitrogen and oxygen atoms in total. The summed E-state index contributed by atoms with van der Waals surface area (Å²) in [7, 11) is 0. The highest BCUT2D eigenvalue weighted by molar-refractivity contribution is 5.85. The quantitative estimate of drug-likeness (QED) is 0.621. The molecule has 0 bridgehead atoms. The van der Waals surface area contributed by atoms with Crippen LogP contribution in [0.3, 0.4) is 0 Å². The van der Waals surface area contributed by atoms with Crippen LogP contribution < -0.4 is 16.0 Å². The normalized spacial score (nSPS) is 14.3. The number of carbonyl (C=O) groups excluding carboxylic acids is 2. The first kappa shape index (κ1) is 17.9. The monoisotopic (exact) mass is 271 g/mol. The van der Waals surface area contributed by atoms with Crippen LogP contribution in [-0.4, -0.2) is 36.0 Å². The maximum Gasteiger partial charge on any atom is 0.237 e. The number of rotatable bonds is 8. The molecule has 3 N–H and O–H groups in total. The Hall–Kier alpha value is -1.10. The van der Waals surface area contributed by atoms with Crippen molar-refractivity contribution in [3.05, 3.63) is 0 Å². The third-order valence-electron chi connectivity index (χ3n) is 3.05. The molecule has 0 saturated heterocycles. The van der Waals surface area contributed by atoms with Crippen LogP contribution in [0, 0.1) is 0 Å². The first-order valence-electron chi connectivity index (χ1n) is 7.18. The van der Waals surface area contributed by atoms with Crippen molar-refractivity contribution in [1.82, 2.24) is 16.0 Å². The summed E-state index contributed by atoms with van der Waals surface area (Å²) in [6.07, 6.45) is 1.83. The summed E-state index contributed by atoms with van der Waals surface area (Å²) in [4.78, 5) is 23.7. The lowest BCUT2D eigenvalue weighted by molar-refractivity contribution is -0.125.